The molecular formula is C22H33N3O5. The number of Topliss-reactive ketones (excluding diaryl/α,β-unsaturated/α-hetero) is 1. The zero-order valence-electron chi connectivity index (χ0n) is 17.8. The first-order valence-corrected chi connectivity index (χ1v) is 10.7. The summed E-state index contributed by atoms with van der Waals surface area (Å²) in [6, 6.07) is 7.35. The van der Waals surface area contributed by atoms with Crippen LogP contribution in [0.3, 0.4) is 0 Å². The second kappa shape index (κ2) is 13.0. The second-order valence-electron chi connectivity index (χ2n) is 7.43. The smallest absolute Gasteiger partial charge is 0.422 e. The molecule has 2 rings (SSSR count). The summed E-state index contributed by atoms with van der Waals surface area (Å²) in [6.07, 6.45) is 4.09. The third kappa shape index (κ3) is 7.76. The summed E-state index contributed by atoms with van der Waals surface area (Å²) >= 11 is 0. The van der Waals surface area contributed by atoms with Crippen LogP contribution in [-0.2, 0) is 4.79 Å². The van der Waals surface area contributed by atoms with Crippen molar-refractivity contribution in [2.24, 2.45) is 0 Å². The highest BCUT2D eigenvalue weighted by Gasteiger charge is 2.24. The van der Waals surface area contributed by atoms with Crippen molar-refractivity contribution in [2.45, 2.75) is 39.0 Å². The summed E-state index contributed by atoms with van der Waals surface area (Å²) in [5, 5.41) is 12.0. The minimum Gasteiger partial charge on any atom is -0.494 e. The molecule has 1 N–H and O–H groups in total. The van der Waals surface area contributed by atoms with E-state index in [0.717, 1.165) is 61.6 Å². The number of aldehydes is 1. The summed E-state index contributed by atoms with van der Waals surface area (Å²) in [7, 11) is 0. The van der Waals surface area contributed by atoms with E-state index < -0.39 is 6.09 Å². The van der Waals surface area contributed by atoms with Crippen LogP contribution in [0.25, 0.3) is 0 Å². The molecule has 1 fully saturated rings. The molecule has 1 aliphatic heterocycles. The van der Waals surface area contributed by atoms with Crippen molar-refractivity contribution in [1.82, 2.24) is 14.9 Å². The maximum atomic E-state index is 12.1. The number of hydrazine groups is 1. The fourth-order valence-corrected chi connectivity index (χ4v) is 3.48. The van der Waals surface area contributed by atoms with Gasteiger partial charge in [-0.2, -0.15) is 0 Å². The Morgan fingerprint density at radius 2 is 1.80 bits per heavy atom. The Balaban J connectivity index is 1.64. The molecule has 0 unspecified atom stereocenters. The van der Waals surface area contributed by atoms with Gasteiger partial charge in [0.15, 0.2) is 5.78 Å². The Morgan fingerprint density at radius 3 is 2.40 bits per heavy atom. The summed E-state index contributed by atoms with van der Waals surface area (Å²) in [5.74, 6) is 0.944. The lowest BCUT2D eigenvalue weighted by molar-refractivity contribution is -0.114. The number of nitrogens with zero attached hydrogens (tertiary/aromatic N) is 3. The molecule has 0 radical (unpaired) electrons. The Kier molecular flexibility index (Phi) is 10.3. The predicted molar refractivity (Wildman–Crippen MR) is 114 cm³/mol. The highest BCUT2D eigenvalue weighted by Crippen LogP contribution is 2.15. The Hall–Kier alpha value is -2.45. The van der Waals surface area contributed by atoms with Gasteiger partial charge in [-0.05, 0) is 37.1 Å². The average Bonchev–Trinajstić information content (AvgIpc) is 2.76. The molecule has 1 amide bonds. The van der Waals surface area contributed by atoms with Crippen molar-refractivity contribution in [2.75, 3.05) is 45.9 Å². The number of ketones is 1. The van der Waals surface area contributed by atoms with Gasteiger partial charge in [0.1, 0.15) is 12.0 Å². The van der Waals surface area contributed by atoms with Crippen molar-refractivity contribution in [3.05, 3.63) is 29.8 Å². The van der Waals surface area contributed by atoms with Crippen LogP contribution in [0.2, 0.25) is 0 Å². The molecule has 0 bridgehead atoms. The highest BCUT2D eigenvalue weighted by molar-refractivity contribution is 5.96. The van der Waals surface area contributed by atoms with Crippen LogP contribution in [0.5, 0.6) is 5.75 Å². The number of amides is 1. The quantitative estimate of drug-likeness (QED) is 0.299. The lowest BCUT2D eigenvalue weighted by Gasteiger charge is -2.39. The zero-order chi connectivity index (χ0) is 21.8. The molecular weight excluding hydrogens is 386 g/mol. The van der Waals surface area contributed by atoms with Gasteiger partial charge in [-0.1, -0.05) is 19.8 Å². The average molecular weight is 420 g/mol. The van der Waals surface area contributed by atoms with Crippen LogP contribution in [0.15, 0.2) is 24.3 Å². The molecule has 0 saturated carbocycles. The van der Waals surface area contributed by atoms with Crippen molar-refractivity contribution in [3.8, 4) is 5.75 Å². The van der Waals surface area contributed by atoms with Crippen LogP contribution in [-0.4, -0.2) is 84.1 Å². The van der Waals surface area contributed by atoms with Gasteiger partial charge < -0.3 is 19.5 Å². The lowest BCUT2D eigenvalue weighted by atomic mass is 10.0. The maximum Gasteiger partial charge on any atom is 0.422 e. The van der Waals surface area contributed by atoms with Crippen LogP contribution in [0.1, 0.15) is 49.4 Å². The van der Waals surface area contributed by atoms with Crippen LogP contribution >= 0.6 is 0 Å². The Labute approximate surface area is 178 Å². The fraction of sp³-hybridized carbons (Fsp3) is 0.591. The summed E-state index contributed by atoms with van der Waals surface area (Å²) in [4.78, 5) is 36.2. The molecule has 8 nitrogen and oxygen atoms in total. The van der Waals surface area contributed by atoms with Gasteiger partial charge in [0.2, 0.25) is 0 Å². The van der Waals surface area contributed by atoms with E-state index in [9.17, 15) is 19.5 Å². The summed E-state index contributed by atoms with van der Waals surface area (Å²) in [6.45, 7) is 6.09. The van der Waals surface area contributed by atoms with Gasteiger partial charge in [0, 0.05) is 44.7 Å². The van der Waals surface area contributed by atoms with E-state index in [4.69, 9.17) is 4.74 Å². The minimum atomic E-state index is -1.10. The highest BCUT2D eigenvalue weighted by atomic mass is 16.5. The molecule has 1 heterocycles. The number of piperazine rings is 1. The van der Waals surface area contributed by atoms with Crippen LogP contribution < -0.4 is 4.74 Å². The van der Waals surface area contributed by atoms with Crippen LogP contribution in [0, 0.1) is 0 Å². The molecule has 30 heavy (non-hydrogen) atoms. The molecule has 1 aliphatic rings. The minimum absolute atomic E-state index is 0.133. The second-order valence-corrected chi connectivity index (χ2v) is 7.43. The van der Waals surface area contributed by atoms with E-state index in [1.165, 1.54) is 0 Å². The van der Waals surface area contributed by atoms with Gasteiger partial charge in [-0.25, -0.2) is 14.8 Å². The molecule has 0 aromatic heterocycles. The van der Waals surface area contributed by atoms with Gasteiger partial charge in [-0.3, -0.25) is 4.79 Å². The Morgan fingerprint density at radius 1 is 1.10 bits per heavy atom. The van der Waals surface area contributed by atoms with E-state index in [1.807, 2.05) is 24.3 Å². The summed E-state index contributed by atoms with van der Waals surface area (Å²) < 4.78 is 5.78. The molecule has 1 aromatic carbocycles. The number of benzene rings is 1. The Bertz CT molecular complexity index is 672. The van der Waals surface area contributed by atoms with Gasteiger partial charge in [0.05, 0.1) is 13.2 Å². The topological polar surface area (TPSA) is 90.4 Å². The molecule has 0 spiro atoms. The number of unbranched alkanes of at least 4 members (excludes halogenated alkanes) is 2. The van der Waals surface area contributed by atoms with E-state index in [2.05, 4.69) is 11.8 Å². The predicted octanol–water partition coefficient (Wildman–Crippen LogP) is 2.93. The molecule has 166 valence electrons. The van der Waals surface area contributed by atoms with Crippen molar-refractivity contribution >= 4 is 18.2 Å². The zero-order valence-corrected chi connectivity index (χ0v) is 17.8. The van der Waals surface area contributed by atoms with Crippen molar-refractivity contribution in [1.29, 1.82) is 0 Å². The third-order valence-corrected chi connectivity index (χ3v) is 5.23. The SMILES string of the molecule is CCCCCC(=O)c1ccc(OCCCN2CCN(N(CC=O)C(=O)O)CC2)cc1. The van der Waals surface area contributed by atoms with E-state index >= 15 is 0 Å². The molecule has 1 aromatic rings. The number of hydrogen-bond acceptors (Lipinski definition) is 6. The van der Waals surface area contributed by atoms with Gasteiger partial charge in [-0.15, -0.1) is 0 Å². The largest absolute Gasteiger partial charge is 0.494 e. The number of ether oxygens (including phenoxy) is 1. The standard InChI is InChI=1S/C22H33N3O5/c1-2-3-4-6-21(27)19-7-9-20(10-8-19)30-18-5-11-23-12-14-24(15-13-23)25(16-17-26)22(28)29/h7-10,17H,2-6,11-16,18H2,1H3,(H,28,29). The lowest BCUT2D eigenvalue weighted by Crippen LogP contribution is -2.55. The first kappa shape index (κ1) is 23.8. The van der Waals surface area contributed by atoms with E-state index in [0.29, 0.717) is 32.4 Å². The monoisotopic (exact) mass is 419 g/mol. The first-order chi connectivity index (χ1) is 14.5. The van der Waals surface area contributed by atoms with E-state index in [-0.39, 0.29) is 12.3 Å². The van der Waals surface area contributed by atoms with Gasteiger partial charge in [0.25, 0.3) is 0 Å². The number of carboxylic acid groups (broad SMARTS) is 1. The molecule has 1 saturated heterocycles. The third-order valence-electron chi connectivity index (χ3n) is 5.23. The van der Waals surface area contributed by atoms with Crippen LogP contribution in [0.4, 0.5) is 4.79 Å². The maximum absolute atomic E-state index is 12.1. The normalized spacial score (nSPS) is 15.0. The fourth-order valence-electron chi connectivity index (χ4n) is 3.48. The first-order valence-electron chi connectivity index (χ1n) is 10.7. The van der Waals surface area contributed by atoms with Crippen molar-refractivity contribution < 1.29 is 24.2 Å². The molecule has 8 heteroatoms. The van der Waals surface area contributed by atoms with Crippen molar-refractivity contribution in [3.63, 3.8) is 0 Å². The number of carbonyl (C=O) groups excluding carboxylic acids is 2. The molecule has 0 aliphatic carbocycles. The number of rotatable bonds is 13. The molecule has 0 atom stereocenters. The van der Waals surface area contributed by atoms with E-state index in [1.54, 1.807) is 5.01 Å². The summed E-state index contributed by atoms with van der Waals surface area (Å²) in [5.41, 5.74) is 0.737. The number of carbonyl (C=O) groups is 3. The van der Waals surface area contributed by atoms with Gasteiger partial charge >= 0.3 is 6.09 Å². The number of hydrogen-bond donors (Lipinski definition) is 1.